The summed E-state index contributed by atoms with van der Waals surface area (Å²) in [5.41, 5.74) is 3.77. The van der Waals surface area contributed by atoms with E-state index < -0.39 is 72.9 Å². The van der Waals surface area contributed by atoms with Crippen molar-refractivity contribution >= 4 is 64.3 Å². The molecule has 0 aliphatic rings. The topological polar surface area (TPSA) is 242 Å². The number of nitrogens with zero attached hydrogens (tertiary/aromatic N) is 2. The van der Waals surface area contributed by atoms with Crippen LogP contribution in [-0.4, -0.2) is 71.4 Å². The fourth-order valence-electron chi connectivity index (χ4n) is 6.30. The van der Waals surface area contributed by atoms with Crippen LogP contribution in [0.5, 0.6) is 0 Å². The van der Waals surface area contributed by atoms with E-state index in [1.807, 2.05) is 30.3 Å². The summed E-state index contributed by atoms with van der Waals surface area (Å²) in [6.45, 7) is -0.909. The van der Waals surface area contributed by atoms with E-state index >= 15 is 0 Å². The molecule has 6 aromatic rings. The Morgan fingerprint density at radius 1 is 0.529 bits per heavy atom. The molecule has 0 radical (unpaired) electrons. The molecule has 19 heteroatoms. The number of carbonyl (C=O) groups is 7. The normalized spacial score (nSPS) is 11.3. The highest BCUT2D eigenvalue weighted by molar-refractivity contribution is 7.14. The molecule has 0 fully saturated rings. The van der Waals surface area contributed by atoms with Crippen LogP contribution >= 0.6 is 11.3 Å². The first-order valence-corrected chi connectivity index (χ1v) is 22.7. The van der Waals surface area contributed by atoms with Gasteiger partial charge in [0.2, 0.25) is 23.7 Å². The molecular formula is C51H49N7O11S. The van der Waals surface area contributed by atoms with E-state index in [9.17, 15) is 33.6 Å². The Morgan fingerprint density at radius 2 is 0.986 bits per heavy atom. The van der Waals surface area contributed by atoms with Gasteiger partial charge in [-0.05, 0) is 27.8 Å². The minimum Gasteiger partial charge on any atom is -0.461 e. The summed E-state index contributed by atoms with van der Waals surface area (Å²) >= 11 is 0.984. The number of esters is 2. The number of amides is 5. The van der Waals surface area contributed by atoms with Crippen LogP contribution in [0.1, 0.15) is 39.9 Å². The number of anilines is 1. The summed E-state index contributed by atoms with van der Waals surface area (Å²) < 4.78 is 21.5. The van der Waals surface area contributed by atoms with Gasteiger partial charge in [-0.25, -0.2) is 24.4 Å². The Bertz CT molecular complexity index is 2630. The van der Waals surface area contributed by atoms with Gasteiger partial charge in [0, 0.05) is 11.8 Å². The Labute approximate surface area is 406 Å². The molecule has 1 aromatic heterocycles. The number of aliphatic imine (C=N–C) groups is 1. The van der Waals surface area contributed by atoms with Gasteiger partial charge in [-0.3, -0.25) is 29.8 Å². The molecule has 0 saturated heterocycles. The second-order valence-corrected chi connectivity index (χ2v) is 16.1. The third-order valence-corrected chi connectivity index (χ3v) is 10.6. The fourth-order valence-corrected chi connectivity index (χ4v) is 7.03. The highest BCUT2D eigenvalue weighted by atomic mass is 32.1. The summed E-state index contributed by atoms with van der Waals surface area (Å²) in [6.07, 6.45) is -2.84. The van der Waals surface area contributed by atoms with Crippen molar-refractivity contribution in [2.75, 3.05) is 11.9 Å². The van der Waals surface area contributed by atoms with Crippen LogP contribution in [0.2, 0.25) is 0 Å². The van der Waals surface area contributed by atoms with Crippen molar-refractivity contribution in [3.8, 4) is 0 Å². The Balaban J connectivity index is 1.08. The van der Waals surface area contributed by atoms with E-state index in [0.29, 0.717) is 16.7 Å². The zero-order valence-electron chi connectivity index (χ0n) is 37.6. The SMILES string of the molecule is O=C(CN=C(NC(=O)OCc1ccccc1)NC(=O)OCc1ccccc1)Nc1nc(CC(=O)N[C@@H](CC(=O)OCc2ccccc2)C(=O)N[C@@H](Cc2ccccc2)C(=O)OCc2ccccc2)cs1. The molecule has 5 amide bonds. The van der Waals surface area contributed by atoms with Gasteiger partial charge in [0.15, 0.2) is 5.13 Å². The van der Waals surface area contributed by atoms with Gasteiger partial charge in [-0.2, -0.15) is 0 Å². The molecular weight excluding hydrogens is 919 g/mol. The minimum absolute atomic E-state index is 0.0505. The van der Waals surface area contributed by atoms with Crippen LogP contribution in [0.3, 0.4) is 0 Å². The highest BCUT2D eigenvalue weighted by Gasteiger charge is 2.30. The number of rotatable bonds is 21. The molecule has 0 aliphatic carbocycles. The number of ether oxygens (including phenoxy) is 4. The number of alkyl carbamates (subject to hydrolysis) is 2. The summed E-state index contributed by atoms with van der Waals surface area (Å²) in [6, 6.07) is 41.9. The first-order valence-electron chi connectivity index (χ1n) is 21.8. The molecule has 0 aliphatic heterocycles. The maximum atomic E-state index is 14.0. The maximum absolute atomic E-state index is 14.0. The molecule has 0 saturated carbocycles. The molecule has 70 heavy (non-hydrogen) atoms. The number of thiazole rings is 1. The third kappa shape index (κ3) is 18.2. The van der Waals surface area contributed by atoms with Crippen molar-refractivity contribution in [3.05, 3.63) is 191 Å². The molecule has 2 atom stereocenters. The maximum Gasteiger partial charge on any atom is 0.414 e. The van der Waals surface area contributed by atoms with Crippen molar-refractivity contribution in [2.24, 2.45) is 4.99 Å². The lowest BCUT2D eigenvalue weighted by Gasteiger charge is -2.22. The number of hydrogen-bond donors (Lipinski definition) is 5. The van der Waals surface area contributed by atoms with Crippen LogP contribution in [0, 0.1) is 0 Å². The molecule has 6 rings (SSSR count). The van der Waals surface area contributed by atoms with E-state index in [0.717, 1.165) is 22.5 Å². The average molecular weight is 968 g/mol. The predicted octanol–water partition coefficient (Wildman–Crippen LogP) is 5.92. The van der Waals surface area contributed by atoms with Crippen LogP contribution in [-0.2, 0) is 82.2 Å². The predicted molar refractivity (Wildman–Crippen MR) is 257 cm³/mol. The average Bonchev–Trinajstić information content (AvgIpc) is 3.82. The number of aromatic nitrogens is 1. The fraction of sp³-hybridized carbons (Fsp3) is 0.196. The van der Waals surface area contributed by atoms with Gasteiger partial charge in [0.05, 0.1) is 18.5 Å². The third-order valence-electron chi connectivity index (χ3n) is 9.76. The number of nitrogens with one attached hydrogen (secondary N) is 5. The lowest BCUT2D eigenvalue weighted by molar-refractivity contribution is -0.150. The molecule has 0 spiro atoms. The van der Waals surface area contributed by atoms with Gasteiger partial charge < -0.3 is 34.9 Å². The van der Waals surface area contributed by atoms with Gasteiger partial charge in [-0.1, -0.05) is 152 Å². The number of guanidine groups is 1. The molecule has 0 unspecified atom stereocenters. The zero-order valence-corrected chi connectivity index (χ0v) is 38.4. The van der Waals surface area contributed by atoms with Gasteiger partial charge in [-0.15, -0.1) is 11.3 Å². The van der Waals surface area contributed by atoms with Crippen molar-refractivity contribution < 1.29 is 52.5 Å². The monoisotopic (exact) mass is 967 g/mol. The molecule has 5 aromatic carbocycles. The second kappa shape index (κ2) is 27.2. The summed E-state index contributed by atoms with van der Waals surface area (Å²) in [4.78, 5) is 101. The van der Waals surface area contributed by atoms with E-state index in [4.69, 9.17) is 18.9 Å². The lowest BCUT2D eigenvalue weighted by Crippen LogP contribution is -2.53. The smallest absolute Gasteiger partial charge is 0.414 e. The number of carbonyl (C=O) groups excluding carboxylic acids is 7. The number of hydrogen-bond acceptors (Lipinski definition) is 14. The summed E-state index contributed by atoms with van der Waals surface area (Å²) in [5.74, 6) is -4.21. The van der Waals surface area contributed by atoms with E-state index in [1.165, 1.54) is 5.38 Å². The zero-order chi connectivity index (χ0) is 49.3. The van der Waals surface area contributed by atoms with Crippen molar-refractivity contribution in [3.63, 3.8) is 0 Å². The highest BCUT2D eigenvalue weighted by Crippen LogP contribution is 2.16. The Hall–Kier alpha value is -8.71. The molecule has 5 N–H and O–H groups in total. The van der Waals surface area contributed by atoms with Gasteiger partial charge >= 0.3 is 24.1 Å². The quantitative estimate of drug-likeness (QED) is 0.0244. The molecule has 360 valence electrons. The summed E-state index contributed by atoms with van der Waals surface area (Å²) in [5, 5.41) is 14.0. The van der Waals surface area contributed by atoms with Crippen LogP contribution in [0.4, 0.5) is 14.7 Å². The number of benzene rings is 5. The van der Waals surface area contributed by atoms with Crippen LogP contribution < -0.4 is 26.6 Å². The Morgan fingerprint density at radius 3 is 1.49 bits per heavy atom. The molecule has 1 heterocycles. The van der Waals surface area contributed by atoms with Crippen molar-refractivity contribution in [1.29, 1.82) is 0 Å². The first kappa shape index (κ1) is 50.7. The van der Waals surface area contributed by atoms with E-state index in [2.05, 4.69) is 36.6 Å². The lowest BCUT2D eigenvalue weighted by atomic mass is 10.0. The van der Waals surface area contributed by atoms with E-state index in [1.54, 1.807) is 121 Å². The van der Waals surface area contributed by atoms with Crippen LogP contribution in [0.15, 0.2) is 162 Å². The Kier molecular flexibility index (Phi) is 19.7. The first-order chi connectivity index (χ1) is 34.0. The van der Waals surface area contributed by atoms with E-state index in [-0.39, 0.29) is 50.1 Å². The second-order valence-electron chi connectivity index (χ2n) is 15.2. The van der Waals surface area contributed by atoms with Gasteiger partial charge in [0.25, 0.3) is 0 Å². The van der Waals surface area contributed by atoms with Gasteiger partial charge in [0.1, 0.15) is 45.1 Å². The summed E-state index contributed by atoms with van der Waals surface area (Å²) in [7, 11) is 0. The van der Waals surface area contributed by atoms with Crippen LogP contribution in [0.25, 0.3) is 0 Å². The minimum atomic E-state index is -1.49. The van der Waals surface area contributed by atoms with Crippen molar-refractivity contribution in [2.45, 2.75) is 57.8 Å². The standard InChI is InChI=1S/C51H49N7O11S/c59-43(27-40-34-70-49(53-40)56-44(60)29-52-48(57-50(64)68-32-38-22-12-4-13-23-38)58-51(65)69-33-39-24-14-5-15-25-39)54-41(28-45(61)66-30-36-18-8-2-9-19-36)46(62)55-42(26-35-16-6-1-7-17-35)47(63)67-31-37-20-10-3-11-21-37/h1-25,34,41-42H,26-33H2,(H,54,59)(H,55,62)(H,53,56,60)(H2,52,57,58,64,65)/t41-,42-/m0/s1. The molecule has 0 bridgehead atoms. The van der Waals surface area contributed by atoms with Crippen molar-refractivity contribution in [1.82, 2.24) is 26.3 Å². The largest absolute Gasteiger partial charge is 0.461 e. The molecule has 18 nitrogen and oxygen atoms in total.